The number of fused-ring (bicyclic) bond motifs is 8. The zero-order valence-corrected chi connectivity index (χ0v) is 19.7. The number of aromatic amines is 2. The topological polar surface area (TPSA) is 61.2 Å². The standard InChI is InChI=1S/C20H14N4.C6H8N.HI/c1-2-14-10-16-5-6-18(23-16)12-20-8-7-19(24-20)11-17-4-3-15(22-17)9-13(1)21-14;1-7-5-3-2-4-6-7;/h1-12,21,24H;2-6H,1H3;1H/q;+1;/p-1. The van der Waals surface area contributed by atoms with Gasteiger partial charge in [-0.25, -0.2) is 14.5 Å². The Labute approximate surface area is 203 Å². The molecule has 0 atom stereocenters. The molecule has 0 unspecified atom stereocenters. The third kappa shape index (κ3) is 5.39. The predicted octanol–water partition coefficient (Wildman–Crippen LogP) is 2.17. The van der Waals surface area contributed by atoms with E-state index in [1.165, 1.54) is 0 Å². The Morgan fingerprint density at radius 2 is 0.906 bits per heavy atom. The van der Waals surface area contributed by atoms with Gasteiger partial charge in [0.1, 0.15) is 7.05 Å². The van der Waals surface area contributed by atoms with Crippen LogP contribution in [-0.2, 0) is 7.05 Å². The maximum Gasteiger partial charge on any atom is 0.168 e. The molecule has 158 valence electrons. The molecule has 4 aromatic rings. The third-order valence-electron chi connectivity index (χ3n) is 4.91. The summed E-state index contributed by atoms with van der Waals surface area (Å²) in [6, 6.07) is 22.4. The van der Waals surface area contributed by atoms with Crippen LogP contribution in [0.1, 0.15) is 22.8 Å². The van der Waals surface area contributed by atoms with E-state index in [1.807, 2.05) is 90.8 Å². The lowest BCUT2D eigenvalue weighted by Crippen LogP contribution is -3.00. The van der Waals surface area contributed by atoms with Gasteiger partial charge >= 0.3 is 0 Å². The molecule has 6 heterocycles. The maximum atomic E-state index is 4.63. The predicted molar refractivity (Wildman–Crippen MR) is 126 cm³/mol. The highest BCUT2D eigenvalue weighted by molar-refractivity contribution is 5.77. The van der Waals surface area contributed by atoms with E-state index in [0.717, 1.165) is 44.8 Å². The molecule has 0 aromatic carbocycles. The van der Waals surface area contributed by atoms with Crippen LogP contribution in [0, 0.1) is 0 Å². The number of aromatic nitrogens is 5. The first-order chi connectivity index (χ1) is 15.2. The van der Waals surface area contributed by atoms with Crippen molar-refractivity contribution in [1.82, 2.24) is 19.9 Å². The summed E-state index contributed by atoms with van der Waals surface area (Å²) in [6.07, 6.45) is 12.1. The first-order valence-corrected chi connectivity index (χ1v) is 10.1. The quantitative estimate of drug-likeness (QED) is 0.233. The van der Waals surface area contributed by atoms with Gasteiger partial charge in [-0.15, -0.1) is 0 Å². The largest absolute Gasteiger partial charge is 1.00 e. The van der Waals surface area contributed by atoms with E-state index in [0.29, 0.717) is 0 Å². The van der Waals surface area contributed by atoms with Gasteiger partial charge in [-0.3, -0.25) is 0 Å². The number of rotatable bonds is 0. The second kappa shape index (κ2) is 9.74. The second-order valence-electron chi connectivity index (χ2n) is 7.45. The van der Waals surface area contributed by atoms with Crippen molar-refractivity contribution in [3.63, 3.8) is 0 Å². The van der Waals surface area contributed by atoms with Gasteiger partial charge in [0.2, 0.25) is 0 Å². The van der Waals surface area contributed by atoms with Crippen LogP contribution < -0.4 is 28.5 Å². The second-order valence-corrected chi connectivity index (χ2v) is 7.45. The zero-order valence-electron chi connectivity index (χ0n) is 17.5. The Kier molecular flexibility index (Phi) is 6.61. The van der Waals surface area contributed by atoms with Crippen molar-refractivity contribution in [3.8, 4) is 0 Å². The highest BCUT2D eigenvalue weighted by Crippen LogP contribution is 2.16. The van der Waals surface area contributed by atoms with Crippen molar-refractivity contribution in [2.45, 2.75) is 0 Å². The Hall–Kier alpha value is -3.52. The summed E-state index contributed by atoms with van der Waals surface area (Å²) in [5.41, 5.74) is 7.86. The van der Waals surface area contributed by atoms with Crippen LogP contribution in [0.2, 0.25) is 0 Å². The monoisotopic (exact) mass is 531 g/mol. The molecule has 5 nitrogen and oxygen atoms in total. The molecule has 0 saturated heterocycles. The van der Waals surface area contributed by atoms with E-state index in [4.69, 9.17) is 0 Å². The summed E-state index contributed by atoms with van der Waals surface area (Å²) in [7, 11) is 2.00. The lowest BCUT2D eigenvalue weighted by molar-refractivity contribution is -0.671. The summed E-state index contributed by atoms with van der Waals surface area (Å²) in [5.74, 6) is 0. The number of H-pyrrole nitrogens is 2. The van der Waals surface area contributed by atoms with Crippen molar-refractivity contribution in [2.24, 2.45) is 7.05 Å². The van der Waals surface area contributed by atoms with Crippen LogP contribution in [0.4, 0.5) is 0 Å². The fraction of sp³-hybridized carbons (Fsp3) is 0.0385. The van der Waals surface area contributed by atoms with Gasteiger partial charge in [0.05, 0.1) is 22.8 Å². The SMILES string of the molecule is C1=Cc2cc3ccc(cc4nc(cc5ccc(cc1n2)[nH]5)C=C4)[nH]3.C[n+]1ccccc1.[I-]. The molecule has 4 aromatic heterocycles. The van der Waals surface area contributed by atoms with Gasteiger partial charge in [0.25, 0.3) is 0 Å². The van der Waals surface area contributed by atoms with E-state index in [-0.39, 0.29) is 24.0 Å². The minimum absolute atomic E-state index is 0. The van der Waals surface area contributed by atoms with Crippen molar-refractivity contribution in [1.29, 1.82) is 0 Å². The zero-order chi connectivity index (χ0) is 21.0. The van der Waals surface area contributed by atoms with Gasteiger partial charge in [0, 0.05) is 34.2 Å². The van der Waals surface area contributed by atoms with Crippen LogP contribution >= 0.6 is 0 Å². The molecule has 0 saturated carbocycles. The van der Waals surface area contributed by atoms with E-state index >= 15 is 0 Å². The van der Waals surface area contributed by atoms with Crippen LogP contribution in [0.3, 0.4) is 0 Å². The minimum Gasteiger partial charge on any atom is -1.00 e. The van der Waals surface area contributed by atoms with Crippen LogP contribution in [-0.4, -0.2) is 19.9 Å². The number of pyridine rings is 1. The lowest BCUT2D eigenvalue weighted by Gasteiger charge is -1.85. The van der Waals surface area contributed by atoms with Crippen molar-refractivity contribution >= 4 is 46.4 Å². The van der Waals surface area contributed by atoms with E-state index in [9.17, 15) is 0 Å². The Morgan fingerprint density at radius 3 is 1.19 bits per heavy atom. The highest BCUT2D eigenvalue weighted by atomic mass is 127. The van der Waals surface area contributed by atoms with Gasteiger partial charge in [-0.2, -0.15) is 0 Å². The van der Waals surface area contributed by atoms with Crippen LogP contribution in [0.25, 0.3) is 46.4 Å². The summed E-state index contributed by atoms with van der Waals surface area (Å²) < 4.78 is 2.00. The molecular formula is C26H22IN5. The van der Waals surface area contributed by atoms with Crippen LogP contribution in [0.15, 0.2) is 79.1 Å². The molecule has 0 radical (unpaired) electrons. The lowest BCUT2D eigenvalue weighted by atomic mass is 10.3. The molecule has 0 amide bonds. The summed E-state index contributed by atoms with van der Waals surface area (Å²) in [4.78, 5) is 16.0. The Morgan fingerprint density at radius 1 is 0.562 bits per heavy atom. The Balaban J connectivity index is 0.000000265. The first-order valence-electron chi connectivity index (χ1n) is 10.1. The highest BCUT2D eigenvalue weighted by Gasteiger charge is 2.01. The van der Waals surface area contributed by atoms with Crippen molar-refractivity contribution < 1.29 is 28.5 Å². The third-order valence-corrected chi connectivity index (χ3v) is 4.91. The molecule has 32 heavy (non-hydrogen) atoms. The average Bonchev–Trinajstić information content (AvgIpc) is 3.55. The molecule has 2 aliphatic rings. The van der Waals surface area contributed by atoms with Crippen molar-refractivity contribution in [2.75, 3.05) is 0 Å². The maximum absolute atomic E-state index is 4.63. The first kappa shape index (κ1) is 21.7. The average molecular weight is 531 g/mol. The number of nitrogens with one attached hydrogen (secondary N) is 2. The number of aryl methyl sites for hydroxylation is 1. The fourth-order valence-corrected chi connectivity index (χ4v) is 3.43. The van der Waals surface area contributed by atoms with Gasteiger partial charge in [-0.1, -0.05) is 6.07 Å². The van der Waals surface area contributed by atoms with Gasteiger partial charge < -0.3 is 33.9 Å². The molecule has 2 aliphatic heterocycles. The van der Waals surface area contributed by atoms with E-state index in [2.05, 4.69) is 44.2 Å². The molecule has 0 fully saturated rings. The molecule has 2 N–H and O–H groups in total. The molecule has 0 aliphatic carbocycles. The summed E-state index contributed by atoms with van der Waals surface area (Å²) in [6.45, 7) is 0. The fourth-order valence-electron chi connectivity index (χ4n) is 3.43. The number of hydrogen-bond donors (Lipinski definition) is 2. The van der Waals surface area contributed by atoms with E-state index in [1.54, 1.807) is 0 Å². The molecule has 6 rings (SSSR count). The number of nitrogens with zero attached hydrogens (tertiary/aromatic N) is 3. The van der Waals surface area contributed by atoms with E-state index < -0.39 is 0 Å². The molecular weight excluding hydrogens is 509 g/mol. The molecule has 6 heteroatoms. The molecule has 0 spiro atoms. The normalized spacial score (nSPS) is 11.4. The number of halogens is 1. The van der Waals surface area contributed by atoms with Gasteiger partial charge in [-0.05, 0) is 72.8 Å². The summed E-state index contributed by atoms with van der Waals surface area (Å²) >= 11 is 0. The summed E-state index contributed by atoms with van der Waals surface area (Å²) in [5, 5.41) is 0. The number of hydrogen-bond acceptors (Lipinski definition) is 2. The minimum atomic E-state index is 0. The smallest absolute Gasteiger partial charge is 0.168 e. The van der Waals surface area contributed by atoms with Crippen LogP contribution in [0.5, 0.6) is 0 Å². The van der Waals surface area contributed by atoms with Crippen molar-refractivity contribution in [3.05, 3.63) is 102 Å². The molecule has 8 bridgehead atoms. The Bertz CT molecular complexity index is 1270. The van der Waals surface area contributed by atoms with Gasteiger partial charge in [0.15, 0.2) is 12.4 Å².